The molecule has 9 nitrogen and oxygen atoms in total. The van der Waals surface area contributed by atoms with E-state index in [1.165, 1.54) is 35.6 Å². The van der Waals surface area contributed by atoms with E-state index in [4.69, 9.17) is 4.74 Å². The molecule has 10 heteroatoms. The van der Waals surface area contributed by atoms with Crippen molar-refractivity contribution in [3.05, 3.63) is 77.1 Å². The van der Waals surface area contributed by atoms with Gasteiger partial charge in [0.15, 0.2) is 5.17 Å². The second-order valence-electron chi connectivity index (χ2n) is 8.83. The molecule has 0 aliphatic carbocycles. The van der Waals surface area contributed by atoms with Crippen LogP contribution in [-0.4, -0.2) is 52.0 Å². The Bertz CT molecular complexity index is 1200. The zero-order chi connectivity index (χ0) is 24.5. The summed E-state index contributed by atoms with van der Waals surface area (Å²) in [6, 6.07) is 13.6. The van der Waals surface area contributed by atoms with Gasteiger partial charge in [-0.1, -0.05) is 35.5 Å². The number of aryl methyl sites for hydroxylation is 2. The highest BCUT2D eigenvalue weighted by atomic mass is 32.2. The molecule has 0 bridgehead atoms. The van der Waals surface area contributed by atoms with Crippen LogP contribution in [0.2, 0.25) is 0 Å². The molecule has 3 atom stereocenters. The molecule has 182 valence electrons. The number of hydrazine groups is 1. The number of nitrogens with zero attached hydrogens (tertiary/aromatic N) is 3. The van der Waals surface area contributed by atoms with E-state index in [9.17, 15) is 9.59 Å². The summed E-state index contributed by atoms with van der Waals surface area (Å²) in [4.78, 5) is 26.1. The molecular formula is C25H28N6O3S. The van der Waals surface area contributed by atoms with E-state index in [1.807, 2.05) is 12.4 Å². The molecular weight excluding hydrogens is 464 g/mol. The number of esters is 1. The van der Waals surface area contributed by atoms with Crippen LogP contribution in [0.1, 0.15) is 39.5 Å². The Morgan fingerprint density at radius 3 is 2.74 bits per heavy atom. The molecule has 3 aliphatic heterocycles. The Kier molecular flexibility index (Phi) is 6.40. The number of methoxy groups -OCH3 is 1. The molecule has 0 aromatic heterocycles. The first kappa shape index (κ1) is 23.3. The molecule has 0 radical (unpaired) electrons. The molecule has 1 saturated heterocycles. The number of carbonyl (C=O) groups excluding carboxylic acids is 2. The lowest BCUT2D eigenvalue weighted by atomic mass is 9.95. The Morgan fingerprint density at radius 2 is 1.97 bits per heavy atom. The Balaban J connectivity index is 1.16. The van der Waals surface area contributed by atoms with Crippen molar-refractivity contribution in [2.75, 3.05) is 18.2 Å². The molecule has 1 fully saturated rings. The Labute approximate surface area is 208 Å². The number of amidine groups is 1. The minimum absolute atomic E-state index is 0.000887. The van der Waals surface area contributed by atoms with Crippen LogP contribution in [0.5, 0.6) is 0 Å². The highest BCUT2D eigenvalue weighted by Crippen LogP contribution is 2.36. The van der Waals surface area contributed by atoms with Crippen molar-refractivity contribution in [3.8, 4) is 0 Å². The minimum atomic E-state index is -0.411. The van der Waals surface area contributed by atoms with Gasteiger partial charge in [0, 0.05) is 18.1 Å². The first-order chi connectivity index (χ1) is 16.9. The van der Waals surface area contributed by atoms with Gasteiger partial charge in [0.1, 0.15) is 6.17 Å². The number of nitrogens with one attached hydrogen (secondary N) is 3. The predicted molar refractivity (Wildman–Crippen MR) is 136 cm³/mol. The maximum absolute atomic E-state index is 12.5. The van der Waals surface area contributed by atoms with Crippen LogP contribution in [-0.2, 0) is 9.53 Å². The van der Waals surface area contributed by atoms with E-state index in [0.29, 0.717) is 11.3 Å². The smallest absolute Gasteiger partial charge is 0.337 e. The number of fused-ring (bicyclic) bond motifs is 3. The number of hydrogen-bond acceptors (Lipinski definition) is 9. The molecule has 0 saturated carbocycles. The van der Waals surface area contributed by atoms with Crippen molar-refractivity contribution < 1.29 is 14.3 Å². The van der Waals surface area contributed by atoms with E-state index in [0.717, 1.165) is 11.6 Å². The summed E-state index contributed by atoms with van der Waals surface area (Å²) in [7, 11) is 1.34. The lowest BCUT2D eigenvalue weighted by Crippen LogP contribution is -2.54. The van der Waals surface area contributed by atoms with Crippen molar-refractivity contribution in [1.29, 1.82) is 0 Å². The summed E-state index contributed by atoms with van der Waals surface area (Å²) in [5.74, 6) is -0.341. The molecule has 35 heavy (non-hydrogen) atoms. The van der Waals surface area contributed by atoms with E-state index < -0.39 is 5.97 Å². The van der Waals surface area contributed by atoms with Gasteiger partial charge >= 0.3 is 5.97 Å². The first-order valence-corrected chi connectivity index (χ1v) is 12.4. The predicted octanol–water partition coefficient (Wildman–Crippen LogP) is 3.07. The average Bonchev–Trinajstić information content (AvgIpc) is 3.48. The van der Waals surface area contributed by atoms with Gasteiger partial charge in [-0.2, -0.15) is 5.10 Å². The topological polar surface area (TPSA) is 98.3 Å². The Morgan fingerprint density at radius 1 is 1.17 bits per heavy atom. The van der Waals surface area contributed by atoms with Crippen molar-refractivity contribution in [2.24, 2.45) is 5.10 Å². The SMILES string of the molecule is COC(=O)c1ccc(NC(=O)CSC2=NNC3C4CC(c5cc(C)ccc5C)NN4C=CN23)cc1. The van der Waals surface area contributed by atoms with Crippen molar-refractivity contribution in [3.63, 3.8) is 0 Å². The molecule has 3 N–H and O–H groups in total. The summed E-state index contributed by atoms with van der Waals surface area (Å²) in [5, 5.41) is 10.3. The van der Waals surface area contributed by atoms with Gasteiger partial charge < -0.3 is 20.0 Å². The van der Waals surface area contributed by atoms with Gasteiger partial charge in [-0.3, -0.25) is 10.2 Å². The third kappa shape index (κ3) is 4.71. The number of anilines is 1. The molecule has 1 amide bonds. The fraction of sp³-hybridized carbons (Fsp3) is 0.320. The van der Waals surface area contributed by atoms with Crippen molar-refractivity contribution >= 4 is 34.5 Å². The van der Waals surface area contributed by atoms with Gasteiger partial charge in [-0.15, -0.1) is 0 Å². The van der Waals surface area contributed by atoms with Gasteiger partial charge in [-0.05, 0) is 55.7 Å². The van der Waals surface area contributed by atoms with Gasteiger partial charge in [0.05, 0.1) is 30.5 Å². The summed E-state index contributed by atoms with van der Waals surface area (Å²) in [6.07, 6.45) is 4.98. The van der Waals surface area contributed by atoms with Crippen molar-refractivity contribution in [2.45, 2.75) is 38.5 Å². The minimum Gasteiger partial charge on any atom is -0.465 e. The van der Waals surface area contributed by atoms with E-state index >= 15 is 0 Å². The number of hydrazone groups is 1. The van der Waals surface area contributed by atoms with Crippen LogP contribution < -0.4 is 16.2 Å². The maximum atomic E-state index is 12.5. The quantitative estimate of drug-likeness (QED) is 0.548. The second-order valence-corrected chi connectivity index (χ2v) is 9.77. The standard InChI is InChI=1S/C25H28N6O3S/c1-15-4-5-16(2)19(12-15)20-13-21-23-27-28-25(30(23)10-11-31(21)29-20)35-14-22(32)26-18-8-6-17(7-9-18)24(33)34-3/h4-12,20-21,23,27,29H,13-14H2,1-3H3,(H,26,32). The average molecular weight is 493 g/mol. The first-order valence-electron chi connectivity index (χ1n) is 11.5. The van der Waals surface area contributed by atoms with E-state index in [-0.39, 0.29) is 29.9 Å². The molecule has 0 spiro atoms. The van der Waals surface area contributed by atoms with Crippen LogP contribution in [0.25, 0.3) is 0 Å². The fourth-order valence-corrected chi connectivity index (χ4v) is 5.40. The highest BCUT2D eigenvalue weighted by molar-refractivity contribution is 8.14. The van der Waals surface area contributed by atoms with E-state index in [2.05, 4.69) is 63.2 Å². The number of amides is 1. The molecule has 2 aromatic carbocycles. The summed E-state index contributed by atoms with van der Waals surface area (Å²) < 4.78 is 4.69. The third-order valence-corrected chi connectivity index (χ3v) is 7.40. The lowest BCUT2D eigenvalue weighted by Gasteiger charge is -2.36. The normalized spacial score (nSPS) is 22.3. The zero-order valence-corrected chi connectivity index (χ0v) is 20.6. The largest absolute Gasteiger partial charge is 0.465 e. The van der Waals surface area contributed by atoms with Crippen LogP contribution >= 0.6 is 11.8 Å². The highest BCUT2D eigenvalue weighted by Gasteiger charge is 2.44. The van der Waals surface area contributed by atoms with Crippen LogP contribution in [0.4, 0.5) is 5.69 Å². The van der Waals surface area contributed by atoms with E-state index in [1.54, 1.807) is 24.3 Å². The van der Waals surface area contributed by atoms with Crippen molar-refractivity contribution in [1.82, 2.24) is 20.8 Å². The monoisotopic (exact) mass is 492 g/mol. The van der Waals surface area contributed by atoms with Crippen LogP contribution in [0.3, 0.4) is 0 Å². The number of benzene rings is 2. The fourth-order valence-electron chi connectivity index (χ4n) is 4.62. The number of thioether (sulfide) groups is 1. The molecule has 5 rings (SSSR count). The van der Waals surface area contributed by atoms with Gasteiger partial charge in [-0.25, -0.2) is 10.2 Å². The second kappa shape index (κ2) is 9.63. The van der Waals surface area contributed by atoms with Gasteiger partial charge in [0.2, 0.25) is 5.91 Å². The van der Waals surface area contributed by atoms with Crippen LogP contribution in [0, 0.1) is 13.8 Å². The number of ether oxygens (including phenoxy) is 1. The molecule has 3 unspecified atom stereocenters. The lowest BCUT2D eigenvalue weighted by molar-refractivity contribution is -0.113. The molecule has 3 heterocycles. The molecule has 2 aromatic rings. The number of carbonyl (C=O) groups is 2. The van der Waals surface area contributed by atoms with Crippen LogP contribution in [0.15, 0.2) is 60.0 Å². The maximum Gasteiger partial charge on any atom is 0.337 e. The number of hydrogen-bond donors (Lipinski definition) is 3. The summed E-state index contributed by atoms with van der Waals surface area (Å²) in [5.41, 5.74) is 11.8. The zero-order valence-electron chi connectivity index (χ0n) is 19.8. The number of rotatable bonds is 5. The summed E-state index contributed by atoms with van der Waals surface area (Å²) >= 11 is 1.38. The third-order valence-electron chi connectivity index (χ3n) is 6.44. The summed E-state index contributed by atoms with van der Waals surface area (Å²) in [6.45, 7) is 4.27. The van der Waals surface area contributed by atoms with Gasteiger partial charge in [0.25, 0.3) is 0 Å². The molecule has 3 aliphatic rings. The Hall–Kier alpha value is -3.50.